The van der Waals surface area contributed by atoms with E-state index in [9.17, 15) is 9.59 Å². The molecule has 29 heavy (non-hydrogen) atoms. The third-order valence-electron chi connectivity index (χ3n) is 5.71. The Morgan fingerprint density at radius 3 is 1.34 bits per heavy atom. The molecule has 1 aliphatic rings. The maximum Gasteiger partial charge on any atom is 0.226 e. The van der Waals surface area contributed by atoms with Crippen LogP contribution in [0.3, 0.4) is 0 Å². The molecule has 0 bridgehead atoms. The van der Waals surface area contributed by atoms with Gasteiger partial charge in [0.25, 0.3) is 0 Å². The van der Waals surface area contributed by atoms with Crippen LogP contribution in [0, 0.1) is 41.4 Å². The summed E-state index contributed by atoms with van der Waals surface area (Å²) < 4.78 is 0. The van der Waals surface area contributed by atoms with Gasteiger partial charge in [0, 0.05) is 38.0 Å². The highest BCUT2D eigenvalue weighted by molar-refractivity contribution is 5.88. The molecule has 0 spiro atoms. The molecule has 3 atom stereocenters. The zero-order valence-electron chi connectivity index (χ0n) is 20.7. The lowest BCUT2D eigenvalue weighted by molar-refractivity contribution is -0.150. The highest BCUT2D eigenvalue weighted by atomic mass is 16.2. The highest BCUT2D eigenvalue weighted by Gasteiger charge is 2.41. The Labute approximate surface area is 180 Å². The fourth-order valence-electron chi connectivity index (χ4n) is 4.69. The first-order valence-corrected chi connectivity index (χ1v) is 12.0. The Bertz CT molecular complexity index is 493. The summed E-state index contributed by atoms with van der Waals surface area (Å²) in [5.41, 5.74) is 0. The summed E-state index contributed by atoms with van der Waals surface area (Å²) in [6.45, 7) is 22.7. The van der Waals surface area contributed by atoms with Crippen molar-refractivity contribution in [2.45, 2.75) is 81.6 Å². The number of hydrogen-bond donors (Lipinski definition) is 0. The van der Waals surface area contributed by atoms with Gasteiger partial charge in [-0.1, -0.05) is 62.3 Å². The molecular formula is C25H48N2O2. The molecule has 1 rings (SSSR count). The maximum absolute atomic E-state index is 13.7. The van der Waals surface area contributed by atoms with E-state index in [1.807, 2.05) is 9.80 Å². The Morgan fingerprint density at radius 2 is 1.00 bits per heavy atom. The van der Waals surface area contributed by atoms with Crippen molar-refractivity contribution in [2.24, 2.45) is 41.4 Å². The molecule has 0 aliphatic heterocycles. The molecule has 1 aliphatic carbocycles. The predicted octanol–water partition coefficient (Wildman–Crippen LogP) is 5.32. The van der Waals surface area contributed by atoms with Gasteiger partial charge in [0.15, 0.2) is 0 Å². The molecule has 170 valence electrons. The molecule has 1 fully saturated rings. The van der Waals surface area contributed by atoms with Crippen molar-refractivity contribution >= 4 is 11.8 Å². The molecule has 2 amide bonds. The normalized spacial score (nSPS) is 22.6. The Morgan fingerprint density at radius 1 is 0.655 bits per heavy atom. The number of carbonyl (C=O) groups excluding carboxylic acids is 2. The van der Waals surface area contributed by atoms with Gasteiger partial charge in [-0.2, -0.15) is 0 Å². The van der Waals surface area contributed by atoms with E-state index in [0.717, 1.165) is 45.4 Å². The number of hydrogen-bond acceptors (Lipinski definition) is 2. The lowest BCUT2D eigenvalue weighted by atomic mass is 9.73. The summed E-state index contributed by atoms with van der Waals surface area (Å²) in [5, 5.41) is 0. The van der Waals surface area contributed by atoms with E-state index in [-0.39, 0.29) is 23.7 Å². The lowest BCUT2D eigenvalue weighted by Crippen LogP contribution is -2.50. The van der Waals surface area contributed by atoms with Gasteiger partial charge >= 0.3 is 0 Å². The molecule has 0 radical (unpaired) electrons. The zero-order chi connectivity index (χ0) is 22.3. The number of rotatable bonds is 10. The standard InChI is InChI=1S/C25H48N2O2/c1-17(2)13-26(14-18(3)4)24(28)22-11-10-21(9)12-23(22)25(29)27(15-19(5)6)16-20(7)8/h17-23H,10-16H2,1-9H3. The van der Waals surface area contributed by atoms with Gasteiger partial charge in [0.2, 0.25) is 11.8 Å². The third kappa shape index (κ3) is 8.68. The SMILES string of the molecule is CC(C)CN(CC(C)C)C(=O)C1CCC(C)CC1C(=O)N(CC(C)C)CC(C)C. The summed E-state index contributed by atoms with van der Waals surface area (Å²) in [5.74, 6) is 2.37. The van der Waals surface area contributed by atoms with E-state index in [4.69, 9.17) is 0 Å². The average molecular weight is 409 g/mol. The van der Waals surface area contributed by atoms with E-state index in [1.54, 1.807) is 0 Å². The van der Waals surface area contributed by atoms with Crippen LogP contribution in [0.2, 0.25) is 0 Å². The summed E-state index contributed by atoms with van der Waals surface area (Å²) in [6, 6.07) is 0. The van der Waals surface area contributed by atoms with Crippen LogP contribution >= 0.6 is 0 Å². The van der Waals surface area contributed by atoms with Crippen molar-refractivity contribution in [2.75, 3.05) is 26.2 Å². The molecular weight excluding hydrogens is 360 g/mol. The maximum atomic E-state index is 13.7. The molecule has 0 heterocycles. The van der Waals surface area contributed by atoms with Crippen LogP contribution in [0.25, 0.3) is 0 Å². The first-order valence-electron chi connectivity index (χ1n) is 12.0. The first kappa shape index (κ1) is 26.0. The number of carbonyl (C=O) groups is 2. The minimum absolute atomic E-state index is 0.155. The van der Waals surface area contributed by atoms with Gasteiger partial charge in [-0.25, -0.2) is 0 Å². The molecule has 0 aromatic heterocycles. The zero-order valence-corrected chi connectivity index (χ0v) is 20.7. The first-order chi connectivity index (χ1) is 13.4. The van der Waals surface area contributed by atoms with Crippen LogP contribution in [0.5, 0.6) is 0 Å². The number of amides is 2. The highest BCUT2D eigenvalue weighted by Crippen LogP contribution is 2.36. The lowest BCUT2D eigenvalue weighted by Gasteiger charge is -2.40. The van der Waals surface area contributed by atoms with Gasteiger partial charge in [-0.05, 0) is 48.9 Å². The van der Waals surface area contributed by atoms with Crippen LogP contribution in [0.4, 0.5) is 0 Å². The second-order valence-corrected chi connectivity index (χ2v) is 11.2. The van der Waals surface area contributed by atoms with Crippen LogP contribution < -0.4 is 0 Å². The molecule has 0 saturated heterocycles. The van der Waals surface area contributed by atoms with Crippen LogP contribution in [-0.4, -0.2) is 47.8 Å². The summed E-state index contributed by atoms with van der Waals surface area (Å²) in [7, 11) is 0. The summed E-state index contributed by atoms with van der Waals surface area (Å²) >= 11 is 0. The van der Waals surface area contributed by atoms with Crippen molar-refractivity contribution in [3.63, 3.8) is 0 Å². The van der Waals surface area contributed by atoms with Crippen molar-refractivity contribution in [1.29, 1.82) is 0 Å². The van der Waals surface area contributed by atoms with Crippen LogP contribution in [0.1, 0.15) is 81.6 Å². The molecule has 3 unspecified atom stereocenters. The molecule has 4 heteroatoms. The van der Waals surface area contributed by atoms with Crippen molar-refractivity contribution < 1.29 is 9.59 Å². The fourth-order valence-corrected chi connectivity index (χ4v) is 4.69. The van der Waals surface area contributed by atoms with E-state index in [2.05, 4.69) is 62.3 Å². The Kier molecular flexibility index (Phi) is 10.7. The monoisotopic (exact) mass is 408 g/mol. The van der Waals surface area contributed by atoms with Crippen molar-refractivity contribution in [3.8, 4) is 0 Å². The van der Waals surface area contributed by atoms with E-state index in [0.29, 0.717) is 29.6 Å². The molecule has 0 aromatic rings. The quantitative estimate of drug-likeness (QED) is 0.491. The van der Waals surface area contributed by atoms with Gasteiger partial charge in [-0.15, -0.1) is 0 Å². The van der Waals surface area contributed by atoms with Crippen LogP contribution in [-0.2, 0) is 9.59 Å². The van der Waals surface area contributed by atoms with Gasteiger partial charge in [0.05, 0.1) is 0 Å². The smallest absolute Gasteiger partial charge is 0.226 e. The second-order valence-electron chi connectivity index (χ2n) is 11.2. The topological polar surface area (TPSA) is 40.6 Å². The van der Waals surface area contributed by atoms with Gasteiger partial charge in [-0.3, -0.25) is 9.59 Å². The molecule has 0 aromatic carbocycles. The predicted molar refractivity (Wildman–Crippen MR) is 123 cm³/mol. The minimum atomic E-state index is -0.162. The molecule has 4 nitrogen and oxygen atoms in total. The van der Waals surface area contributed by atoms with Crippen LogP contribution in [0.15, 0.2) is 0 Å². The average Bonchev–Trinajstić information content (AvgIpc) is 2.57. The summed E-state index contributed by atoms with van der Waals surface area (Å²) in [6.07, 6.45) is 2.74. The van der Waals surface area contributed by atoms with Crippen molar-refractivity contribution in [3.05, 3.63) is 0 Å². The fraction of sp³-hybridized carbons (Fsp3) is 0.920. The van der Waals surface area contributed by atoms with E-state index < -0.39 is 0 Å². The minimum Gasteiger partial charge on any atom is -0.342 e. The Balaban J connectivity index is 3.11. The Hall–Kier alpha value is -1.06. The van der Waals surface area contributed by atoms with Crippen molar-refractivity contribution in [1.82, 2.24) is 9.80 Å². The van der Waals surface area contributed by atoms with E-state index in [1.165, 1.54) is 0 Å². The third-order valence-corrected chi connectivity index (χ3v) is 5.71. The number of nitrogens with zero attached hydrogens (tertiary/aromatic N) is 2. The largest absolute Gasteiger partial charge is 0.342 e. The van der Waals surface area contributed by atoms with Gasteiger partial charge in [0.1, 0.15) is 0 Å². The molecule has 1 saturated carbocycles. The summed E-state index contributed by atoms with van der Waals surface area (Å²) in [4.78, 5) is 31.4. The van der Waals surface area contributed by atoms with E-state index >= 15 is 0 Å². The molecule has 0 N–H and O–H groups in total. The van der Waals surface area contributed by atoms with Gasteiger partial charge < -0.3 is 9.80 Å². The second kappa shape index (κ2) is 12.0.